The first-order valence-corrected chi connectivity index (χ1v) is 7.18. The molecule has 0 radical (unpaired) electrons. The highest BCUT2D eigenvalue weighted by Crippen LogP contribution is 2.31. The van der Waals surface area contributed by atoms with Crippen LogP contribution in [0.15, 0.2) is 36.4 Å². The Bertz CT molecular complexity index is 623. The largest absolute Gasteiger partial charge is 0.496 e. The highest BCUT2D eigenvalue weighted by molar-refractivity contribution is 5.71. The fourth-order valence-electron chi connectivity index (χ4n) is 2.24. The fraction of sp³-hybridized carbons (Fsp3) is 0.333. The molecule has 112 valence electrons. The third-order valence-corrected chi connectivity index (χ3v) is 3.41. The van der Waals surface area contributed by atoms with Gasteiger partial charge in [0.2, 0.25) is 0 Å². The van der Waals surface area contributed by atoms with E-state index in [-0.39, 0.29) is 5.82 Å². The second kappa shape index (κ2) is 6.72. The van der Waals surface area contributed by atoms with Gasteiger partial charge < -0.3 is 10.1 Å². The van der Waals surface area contributed by atoms with E-state index in [0.717, 1.165) is 22.4 Å². The van der Waals surface area contributed by atoms with Crippen LogP contribution in [0.4, 0.5) is 4.39 Å². The average Bonchev–Trinajstić information content (AvgIpc) is 2.46. The number of ether oxygens (including phenoxy) is 1. The first-order valence-electron chi connectivity index (χ1n) is 7.18. The van der Waals surface area contributed by atoms with Crippen molar-refractivity contribution in [1.29, 1.82) is 0 Å². The highest BCUT2D eigenvalue weighted by Gasteiger charge is 2.10. The number of nitrogens with one attached hydrogen (secondary N) is 1. The standard InChI is InChI=1S/C18H22FNO/c1-12(2)20-11-15-10-14(6-7-17(15)19)16-9-13(3)5-8-18(16)21-4/h5-10,12,20H,11H2,1-4H3. The van der Waals surface area contributed by atoms with Crippen molar-refractivity contribution in [1.82, 2.24) is 5.32 Å². The second-order valence-electron chi connectivity index (χ2n) is 5.55. The minimum atomic E-state index is -0.182. The third-order valence-electron chi connectivity index (χ3n) is 3.41. The summed E-state index contributed by atoms with van der Waals surface area (Å²) in [5.74, 6) is 0.619. The first-order chi connectivity index (χ1) is 10.0. The lowest BCUT2D eigenvalue weighted by Gasteiger charge is -2.13. The molecule has 0 bridgehead atoms. The molecule has 21 heavy (non-hydrogen) atoms. The quantitative estimate of drug-likeness (QED) is 0.885. The van der Waals surface area contributed by atoms with Crippen LogP contribution in [0, 0.1) is 12.7 Å². The van der Waals surface area contributed by atoms with Crippen molar-refractivity contribution < 1.29 is 9.13 Å². The van der Waals surface area contributed by atoms with Crippen molar-refractivity contribution in [3.8, 4) is 16.9 Å². The Balaban J connectivity index is 2.40. The van der Waals surface area contributed by atoms with Gasteiger partial charge in [-0.1, -0.05) is 31.5 Å². The summed E-state index contributed by atoms with van der Waals surface area (Å²) in [5, 5.41) is 3.25. The third kappa shape index (κ3) is 3.82. The summed E-state index contributed by atoms with van der Waals surface area (Å²) in [7, 11) is 1.65. The number of hydrogen-bond acceptors (Lipinski definition) is 2. The van der Waals surface area contributed by atoms with Gasteiger partial charge in [0.05, 0.1) is 7.11 Å². The van der Waals surface area contributed by atoms with E-state index in [9.17, 15) is 4.39 Å². The van der Waals surface area contributed by atoms with E-state index in [2.05, 4.69) is 11.4 Å². The van der Waals surface area contributed by atoms with Crippen LogP contribution >= 0.6 is 0 Å². The molecule has 0 aromatic heterocycles. The van der Waals surface area contributed by atoms with Gasteiger partial charge in [-0.2, -0.15) is 0 Å². The first kappa shape index (κ1) is 15.5. The number of benzene rings is 2. The van der Waals surface area contributed by atoms with Gasteiger partial charge in [0, 0.05) is 23.7 Å². The van der Waals surface area contributed by atoms with Gasteiger partial charge in [0.25, 0.3) is 0 Å². The van der Waals surface area contributed by atoms with Gasteiger partial charge in [0.15, 0.2) is 0 Å². The summed E-state index contributed by atoms with van der Waals surface area (Å²) in [6, 6.07) is 11.5. The maximum absolute atomic E-state index is 13.9. The van der Waals surface area contributed by atoms with Crippen LogP contribution < -0.4 is 10.1 Å². The summed E-state index contributed by atoms with van der Waals surface area (Å²) >= 11 is 0. The molecule has 2 nitrogen and oxygen atoms in total. The molecule has 0 aliphatic heterocycles. The van der Waals surface area contributed by atoms with Crippen molar-refractivity contribution in [3.63, 3.8) is 0 Å². The maximum atomic E-state index is 13.9. The molecule has 0 saturated heterocycles. The molecule has 0 unspecified atom stereocenters. The summed E-state index contributed by atoms with van der Waals surface area (Å²) in [6.45, 7) is 6.65. The van der Waals surface area contributed by atoms with E-state index in [4.69, 9.17) is 4.74 Å². The van der Waals surface area contributed by atoms with Crippen LogP contribution in [0.2, 0.25) is 0 Å². The molecular formula is C18H22FNO. The number of rotatable bonds is 5. The van der Waals surface area contributed by atoms with Crippen LogP contribution in [-0.4, -0.2) is 13.2 Å². The van der Waals surface area contributed by atoms with E-state index >= 15 is 0 Å². The van der Waals surface area contributed by atoms with Crippen molar-refractivity contribution in [2.24, 2.45) is 0 Å². The smallest absolute Gasteiger partial charge is 0.127 e. The molecule has 0 fully saturated rings. The molecule has 3 heteroatoms. The molecule has 0 heterocycles. The maximum Gasteiger partial charge on any atom is 0.127 e. The lowest BCUT2D eigenvalue weighted by atomic mass is 10.00. The average molecular weight is 287 g/mol. The Morgan fingerprint density at radius 3 is 2.57 bits per heavy atom. The van der Waals surface area contributed by atoms with E-state index < -0.39 is 0 Å². The predicted octanol–water partition coefficient (Wildman–Crippen LogP) is 4.31. The summed E-state index contributed by atoms with van der Waals surface area (Å²) in [5.41, 5.74) is 3.78. The van der Waals surface area contributed by atoms with Crippen LogP contribution in [-0.2, 0) is 6.54 Å². The molecule has 0 aliphatic carbocycles. The Hall–Kier alpha value is -1.87. The molecule has 0 amide bonds. The van der Waals surface area contributed by atoms with Gasteiger partial charge in [-0.05, 0) is 36.8 Å². The van der Waals surface area contributed by atoms with E-state index in [1.807, 2.05) is 39.0 Å². The fourth-order valence-corrected chi connectivity index (χ4v) is 2.24. The molecule has 0 aliphatic rings. The van der Waals surface area contributed by atoms with Crippen LogP contribution in [0.3, 0.4) is 0 Å². The van der Waals surface area contributed by atoms with E-state index in [0.29, 0.717) is 18.2 Å². The van der Waals surface area contributed by atoms with Crippen molar-refractivity contribution in [3.05, 3.63) is 53.3 Å². The normalized spacial score (nSPS) is 11.0. The molecule has 2 aromatic rings. The van der Waals surface area contributed by atoms with E-state index in [1.54, 1.807) is 13.2 Å². The van der Waals surface area contributed by atoms with Gasteiger partial charge in [-0.3, -0.25) is 0 Å². The zero-order valence-electron chi connectivity index (χ0n) is 13.0. The lowest BCUT2D eigenvalue weighted by Crippen LogP contribution is -2.22. The van der Waals surface area contributed by atoms with Gasteiger partial charge in [-0.15, -0.1) is 0 Å². The van der Waals surface area contributed by atoms with Gasteiger partial charge >= 0.3 is 0 Å². The summed E-state index contributed by atoms with van der Waals surface area (Å²) < 4.78 is 19.3. The Morgan fingerprint density at radius 2 is 1.90 bits per heavy atom. The van der Waals surface area contributed by atoms with Crippen molar-refractivity contribution >= 4 is 0 Å². The zero-order valence-corrected chi connectivity index (χ0v) is 13.0. The van der Waals surface area contributed by atoms with Crippen LogP contribution in [0.25, 0.3) is 11.1 Å². The number of aryl methyl sites for hydroxylation is 1. The van der Waals surface area contributed by atoms with Gasteiger partial charge in [-0.25, -0.2) is 4.39 Å². The topological polar surface area (TPSA) is 21.3 Å². The van der Waals surface area contributed by atoms with Crippen molar-refractivity contribution in [2.45, 2.75) is 33.4 Å². The highest BCUT2D eigenvalue weighted by atomic mass is 19.1. The SMILES string of the molecule is COc1ccc(C)cc1-c1ccc(F)c(CNC(C)C)c1. The monoisotopic (exact) mass is 287 g/mol. The number of methoxy groups -OCH3 is 1. The Labute approximate surface area is 126 Å². The minimum Gasteiger partial charge on any atom is -0.496 e. The number of hydrogen-bond donors (Lipinski definition) is 1. The predicted molar refractivity (Wildman–Crippen MR) is 85.1 cm³/mol. The molecule has 0 atom stereocenters. The minimum absolute atomic E-state index is 0.182. The molecule has 2 aromatic carbocycles. The molecule has 0 saturated carbocycles. The van der Waals surface area contributed by atoms with Crippen LogP contribution in [0.1, 0.15) is 25.0 Å². The zero-order chi connectivity index (χ0) is 15.4. The summed E-state index contributed by atoms with van der Waals surface area (Å²) in [4.78, 5) is 0. The Kier molecular flexibility index (Phi) is 4.97. The molecule has 0 spiro atoms. The van der Waals surface area contributed by atoms with Crippen LogP contribution in [0.5, 0.6) is 5.75 Å². The van der Waals surface area contributed by atoms with Gasteiger partial charge in [0.1, 0.15) is 11.6 Å². The molecule has 1 N–H and O–H groups in total. The van der Waals surface area contributed by atoms with E-state index in [1.165, 1.54) is 6.07 Å². The molecule has 2 rings (SSSR count). The number of halogens is 1. The molecular weight excluding hydrogens is 265 g/mol. The van der Waals surface area contributed by atoms with Crippen molar-refractivity contribution in [2.75, 3.05) is 7.11 Å². The Morgan fingerprint density at radius 1 is 1.14 bits per heavy atom. The lowest BCUT2D eigenvalue weighted by molar-refractivity contribution is 0.416. The summed E-state index contributed by atoms with van der Waals surface area (Å²) in [6.07, 6.45) is 0. The second-order valence-corrected chi connectivity index (χ2v) is 5.55.